The summed E-state index contributed by atoms with van der Waals surface area (Å²) < 4.78 is 38.4. The fourth-order valence-electron chi connectivity index (χ4n) is 2.64. The van der Waals surface area contributed by atoms with Crippen LogP contribution in [0.25, 0.3) is 11.4 Å². The van der Waals surface area contributed by atoms with E-state index in [4.69, 9.17) is 16.1 Å². The molecule has 3 rings (SSSR count). The predicted molar refractivity (Wildman–Crippen MR) is 108 cm³/mol. The molecule has 1 atom stereocenters. The van der Waals surface area contributed by atoms with E-state index in [9.17, 15) is 13.2 Å². The van der Waals surface area contributed by atoms with Gasteiger partial charge in [-0.25, -0.2) is 13.2 Å². The summed E-state index contributed by atoms with van der Waals surface area (Å²) in [5.41, 5.74) is 0.777. The van der Waals surface area contributed by atoms with Crippen molar-refractivity contribution in [2.24, 2.45) is 5.92 Å². The van der Waals surface area contributed by atoms with Crippen LogP contribution in [0.15, 0.2) is 52.1 Å². The van der Waals surface area contributed by atoms with Gasteiger partial charge in [-0.05, 0) is 36.2 Å². The molecule has 0 radical (unpaired) electrons. The van der Waals surface area contributed by atoms with Gasteiger partial charge in [0.2, 0.25) is 21.7 Å². The third-order valence-electron chi connectivity index (χ3n) is 4.22. The highest BCUT2D eigenvalue weighted by Crippen LogP contribution is 2.28. The van der Waals surface area contributed by atoms with Gasteiger partial charge in [0, 0.05) is 18.0 Å². The quantitative estimate of drug-likeness (QED) is 0.544. The summed E-state index contributed by atoms with van der Waals surface area (Å²) in [4.78, 5) is 19.8. The fourth-order valence-corrected chi connectivity index (χ4v) is 4.52. The molecule has 0 aliphatic rings. The molecular weight excluding hydrogens is 432 g/mol. The summed E-state index contributed by atoms with van der Waals surface area (Å²) in [6.07, 6.45) is 3.19. The van der Waals surface area contributed by atoms with Crippen LogP contribution in [0.3, 0.4) is 0 Å². The number of nitrogens with one attached hydrogen (secondary N) is 1. The molecule has 1 N–H and O–H groups in total. The molecule has 0 saturated carbocycles. The Bertz CT molecular complexity index is 1150. The van der Waals surface area contributed by atoms with Gasteiger partial charge in [0.25, 0.3) is 0 Å². The second kappa shape index (κ2) is 8.90. The SMILES string of the molecule is COC(=O)c1ccc(S(=O)(=O)NC(c2nc(-c3cccnc3)no2)C(C)C)c(Cl)c1. The molecule has 30 heavy (non-hydrogen) atoms. The lowest BCUT2D eigenvalue weighted by Crippen LogP contribution is -2.32. The first-order valence-electron chi connectivity index (χ1n) is 8.87. The van der Waals surface area contributed by atoms with Crippen molar-refractivity contribution in [2.75, 3.05) is 7.11 Å². The Morgan fingerprint density at radius 2 is 2.03 bits per heavy atom. The van der Waals surface area contributed by atoms with Gasteiger partial charge in [-0.2, -0.15) is 9.71 Å². The van der Waals surface area contributed by atoms with Crippen molar-refractivity contribution < 1.29 is 22.5 Å². The Morgan fingerprint density at radius 1 is 1.27 bits per heavy atom. The molecule has 1 unspecified atom stereocenters. The highest BCUT2D eigenvalue weighted by molar-refractivity contribution is 7.89. The van der Waals surface area contributed by atoms with Gasteiger partial charge in [0.15, 0.2) is 0 Å². The Kier molecular flexibility index (Phi) is 6.49. The van der Waals surface area contributed by atoms with Crippen LogP contribution in [0.5, 0.6) is 0 Å². The smallest absolute Gasteiger partial charge is 0.337 e. The normalized spacial score (nSPS) is 12.7. The summed E-state index contributed by atoms with van der Waals surface area (Å²) >= 11 is 6.12. The van der Waals surface area contributed by atoms with Crippen molar-refractivity contribution in [2.45, 2.75) is 24.8 Å². The molecule has 2 heterocycles. The minimum atomic E-state index is -4.06. The summed E-state index contributed by atoms with van der Waals surface area (Å²) in [7, 11) is -2.84. The Labute approximate surface area is 178 Å². The van der Waals surface area contributed by atoms with Crippen molar-refractivity contribution >= 4 is 27.6 Å². The molecule has 0 amide bonds. The van der Waals surface area contributed by atoms with Crippen LogP contribution in [0.4, 0.5) is 0 Å². The Hall–Kier alpha value is -2.82. The van der Waals surface area contributed by atoms with E-state index in [1.165, 1.54) is 25.3 Å². The summed E-state index contributed by atoms with van der Waals surface area (Å²) in [5.74, 6) is -0.434. The highest BCUT2D eigenvalue weighted by atomic mass is 35.5. The van der Waals surface area contributed by atoms with Gasteiger partial charge in [0.1, 0.15) is 10.9 Å². The molecule has 0 bridgehead atoms. The van der Waals surface area contributed by atoms with E-state index in [1.807, 2.05) is 13.8 Å². The number of hydrogen-bond donors (Lipinski definition) is 1. The minimum Gasteiger partial charge on any atom is -0.465 e. The second-order valence-corrected chi connectivity index (χ2v) is 8.77. The van der Waals surface area contributed by atoms with Crippen LogP contribution in [-0.2, 0) is 14.8 Å². The first-order chi connectivity index (χ1) is 14.2. The molecular formula is C19H19ClN4O5S. The lowest BCUT2D eigenvalue weighted by molar-refractivity contribution is 0.0600. The number of pyridine rings is 1. The highest BCUT2D eigenvalue weighted by Gasteiger charge is 2.30. The van der Waals surface area contributed by atoms with Crippen molar-refractivity contribution in [3.63, 3.8) is 0 Å². The first-order valence-corrected chi connectivity index (χ1v) is 10.7. The van der Waals surface area contributed by atoms with Crippen LogP contribution >= 0.6 is 11.6 Å². The number of rotatable bonds is 7. The maximum atomic E-state index is 13.0. The minimum absolute atomic E-state index is 0.106. The largest absolute Gasteiger partial charge is 0.465 e. The molecule has 0 saturated heterocycles. The van der Waals surface area contributed by atoms with Crippen LogP contribution < -0.4 is 4.72 Å². The van der Waals surface area contributed by atoms with Crippen LogP contribution in [0.1, 0.15) is 36.1 Å². The zero-order chi connectivity index (χ0) is 21.9. The van der Waals surface area contributed by atoms with Crippen molar-refractivity contribution in [3.8, 4) is 11.4 Å². The molecule has 0 aliphatic carbocycles. The van der Waals surface area contributed by atoms with Gasteiger partial charge in [-0.1, -0.05) is 30.6 Å². The lowest BCUT2D eigenvalue weighted by Gasteiger charge is -2.19. The van der Waals surface area contributed by atoms with Crippen LogP contribution in [0.2, 0.25) is 5.02 Å². The maximum Gasteiger partial charge on any atom is 0.337 e. The fraction of sp³-hybridized carbons (Fsp3) is 0.263. The second-order valence-electron chi connectivity index (χ2n) is 6.68. The summed E-state index contributed by atoms with van der Waals surface area (Å²) in [6.45, 7) is 3.62. The van der Waals surface area contributed by atoms with Crippen molar-refractivity contribution in [3.05, 3.63) is 59.2 Å². The predicted octanol–water partition coefficient (Wildman–Crippen LogP) is 3.25. The number of hydrogen-bond acceptors (Lipinski definition) is 8. The van der Waals surface area contributed by atoms with E-state index in [1.54, 1.807) is 24.5 Å². The van der Waals surface area contributed by atoms with Gasteiger partial charge >= 0.3 is 5.97 Å². The van der Waals surface area contributed by atoms with E-state index in [0.717, 1.165) is 0 Å². The van der Waals surface area contributed by atoms with E-state index in [0.29, 0.717) is 11.4 Å². The molecule has 2 aromatic heterocycles. The molecule has 158 valence electrons. The van der Waals surface area contributed by atoms with E-state index >= 15 is 0 Å². The van der Waals surface area contributed by atoms with Crippen molar-refractivity contribution in [1.82, 2.24) is 19.8 Å². The molecule has 0 fully saturated rings. The number of esters is 1. The van der Waals surface area contributed by atoms with E-state index in [-0.39, 0.29) is 27.3 Å². The van der Waals surface area contributed by atoms with Gasteiger partial charge in [-0.3, -0.25) is 4.98 Å². The van der Waals surface area contributed by atoms with Crippen LogP contribution in [0, 0.1) is 5.92 Å². The third kappa shape index (κ3) is 4.66. The monoisotopic (exact) mass is 450 g/mol. The number of sulfonamides is 1. The number of halogens is 1. The first kappa shape index (κ1) is 21.9. The molecule has 0 aliphatic heterocycles. The zero-order valence-corrected chi connectivity index (χ0v) is 17.9. The van der Waals surface area contributed by atoms with Gasteiger partial charge < -0.3 is 9.26 Å². The topological polar surface area (TPSA) is 124 Å². The zero-order valence-electron chi connectivity index (χ0n) is 16.4. The number of benzene rings is 1. The number of carbonyl (C=O) groups is 1. The number of nitrogens with zero attached hydrogens (tertiary/aromatic N) is 3. The average Bonchev–Trinajstić information content (AvgIpc) is 3.21. The molecule has 11 heteroatoms. The maximum absolute atomic E-state index is 13.0. The third-order valence-corrected chi connectivity index (χ3v) is 6.14. The molecule has 9 nitrogen and oxygen atoms in total. The van der Waals surface area contributed by atoms with E-state index in [2.05, 4.69) is 24.6 Å². The molecule has 3 aromatic rings. The number of ether oxygens (including phenoxy) is 1. The number of aromatic nitrogens is 3. The number of carbonyl (C=O) groups excluding carboxylic acids is 1. The standard InChI is InChI=1S/C19H19ClN4O5S/c1-11(2)16(18-22-17(23-29-18)13-5-4-8-21-10-13)24-30(26,27)15-7-6-12(9-14(15)20)19(25)28-3/h4-11,16,24H,1-3H3. The number of methoxy groups -OCH3 is 1. The Morgan fingerprint density at radius 3 is 2.63 bits per heavy atom. The Balaban J connectivity index is 1.90. The summed E-state index contributed by atoms with van der Waals surface area (Å²) in [5, 5.41) is 3.80. The van der Waals surface area contributed by atoms with Crippen molar-refractivity contribution in [1.29, 1.82) is 0 Å². The van der Waals surface area contributed by atoms with Gasteiger partial charge in [-0.15, -0.1) is 0 Å². The molecule has 0 spiro atoms. The van der Waals surface area contributed by atoms with E-state index < -0.39 is 22.0 Å². The molecule has 1 aromatic carbocycles. The summed E-state index contributed by atoms with van der Waals surface area (Å²) in [6, 6.07) is 6.49. The van der Waals surface area contributed by atoms with Crippen LogP contribution in [-0.4, -0.2) is 36.6 Å². The lowest BCUT2D eigenvalue weighted by atomic mass is 10.1. The average molecular weight is 451 g/mol. The van der Waals surface area contributed by atoms with Gasteiger partial charge in [0.05, 0.1) is 17.7 Å².